The van der Waals surface area contributed by atoms with Crippen LogP contribution in [0.25, 0.3) is 0 Å². The van der Waals surface area contributed by atoms with E-state index < -0.39 is 5.97 Å². The summed E-state index contributed by atoms with van der Waals surface area (Å²) in [7, 11) is 0. The smallest absolute Gasteiger partial charge is 0.327 e. The van der Waals surface area contributed by atoms with Gasteiger partial charge < -0.3 is 5.11 Å². The van der Waals surface area contributed by atoms with Crippen LogP contribution in [0.3, 0.4) is 0 Å². The molecule has 11 heavy (non-hydrogen) atoms. The van der Waals surface area contributed by atoms with Crippen molar-refractivity contribution in [2.24, 2.45) is 0 Å². The second kappa shape index (κ2) is 9.91. The van der Waals surface area contributed by atoms with E-state index in [0.717, 1.165) is 18.2 Å². The zero-order valence-corrected chi connectivity index (χ0v) is 8.31. The zero-order valence-electron chi connectivity index (χ0n) is 6.53. The van der Waals surface area contributed by atoms with Crippen molar-refractivity contribution in [2.45, 2.75) is 18.6 Å². The molecule has 0 aromatic rings. The van der Waals surface area contributed by atoms with Crippen LogP contribution in [-0.4, -0.2) is 22.1 Å². The van der Waals surface area contributed by atoms with Crippen molar-refractivity contribution >= 4 is 31.2 Å². The molecule has 0 aromatic heterocycles. The Morgan fingerprint density at radius 3 is 2.18 bits per heavy atom. The highest BCUT2D eigenvalue weighted by molar-refractivity contribution is 7.81. The third-order valence-electron chi connectivity index (χ3n) is 0.721. The van der Waals surface area contributed by atoms with Gasteiger partial charge in [0.25, 0.3) is 0 Å². The van der Waals surface area contributed by atoms with Gasteiger partial charge in [-0.25, -0.2) is 4.79 Å². The summed E-state index contributed by atoms with van der Waals surface area (Å²) in [5, 5.41) is 8.12. The highest BCUT2D eigenvalue weighted by atomic mass is 32.1. The molecule has 66 valence electrons. The van der Waals surface area contributed by atoms with Crippen LogP contribution in [0.4, 0.5) is 0 Å². The van der Waals surface area contributed by atoms with Gasteiger partial charge in [0.2, 0.25) is 0 Å². The van der Waals surface area contributed by atoms with E-state index in [9.17, 15) is 4.79 Å². The van der Waals surface area contributed by atoms with E-state index in [1.54, 1.807) is 0 Å². The van der Waals surface area contributed by atoms with Crippen molar-refractivity contribution in [1.29, 1.82) is 0 Å². The number of carboxylic acid groups (broad SMARTS) is 1. The lowest BCUT2D eigenvalue weighted by atomic mass is 10.4. The first-order valence-corrected chi connectivity index (χ1v) is 4.33. The molecule has 1 atom stereocenters. The Hall–Kier alpha value is -0.0900. The minimum absolute atomic E-state index is 0.516. The Labute approximate surface area is 78.5 Å². The van der Waals surface area contributed by atoms with Crippen molar-refractivity contribution in [3.63, 3.8) is 0 Å². The van der Waals surface area contributed by atoms with Crippen LogP contribution in [0.2, 0.25) is 0 Å². The molecule has 2 nitrogen and oxygen atoms in total. The summed E-state index contributed by atoms with van der Waals surface area (Å²) in [5.74, 6) is -0.0324. The second-order valence-electron chi connectivity index (χ2n) is 1.90. The third kappa shape index (κ3) is 25.7. The molecule has 0 aromatic carbocycles. The van der Waals surface area contributed by atoms with Crippen LogP contribution in [0.5, 0.6) is 0 Å². The normalized spacial score (nSPS) is 10.8. The van der Waals surface area contributed by atoms with Crippen molar-refractivity contribution in [2.75, 3.05) is 5.75 Å². The van der Waals surface area contributed by atoms with Gasteiger partial charge >= 0.3 is 5.97 Å². The molecule has 1 N–H and O–H groups in total. The predicted molar refractivity (Wildman–Crippen MR) is 54.8 cm³/mol. The number of hydrogen-bond acceptors (Lipinski definition) is 3. The van der Waals surface area contributed by atoms with E-state index in [1.165, 1.54) is 0 Å². The third-order valence-corrected chi connectivity index (χ3v) is 1.24. The maximum absolute atomic E-state index is 9.25. The van der Waals surface area contributed by atoms with Crippen molar-refractivity contribution < 1.29 is 9.90 Å². The average molecular weight is 194 g/mol. The first kappa shape index (κ1) is 13.5. The fourth-order valence-corrected chi connectivity index (χ4v) is 0.907. The van der Waals surface area contributed by atoms with Crippen LogP contribution in [0.15, 0.2) is 12.7 Å². The SMILES string of the molecule is C=CC(=O)O.CC(S)CCS. The monoisotopic (exact) mass is 194 g/mol. The Kier molecular flexibility index (Phi) is 12.2. The number of aliphatic carboxylic acids is 1. The topological polar surface area (TPSA) is 37.3 Å². The summed E-state index contributed by atoms with van der Waals surface area (Å²) in [5.41, 5.74) is 0. The quantitative estimate of drug-likeness (QED) is 0.474. The summed E-state index contributed by atoms with van der Waals surface area (Å²) in [6, 6.07) is 0. The van der Waals surface area contributed by atoms with Crippen LogP contribution in [0, 0.1) is 0 Å². The average Bonchev–Trinajstić information content (AvgIpc) is 1.89. The molecule has 0 rings (SSSR count). The molecule has 0 spiro atoms. The van der Waals surface area contributed by atoms with E-state index in [2.05, 4.69) is 38.8 Å². The van der Waals surface area contributed by atoms with Gasteiger partial charge in [0.1, 0.15) is 0 Å². The molecule has 0 bridgehead atoms. The molecular formula is C7H14O2S2. The summed E-state index contributed by atoms with van der Waals surface area (Å²) in [6.45, 7) is 5.03. The predicted octanol–water partition coefficient (Wildman–Crippen LogP) is 1.88. The van der Waals surface area contributed by atoms with Gasteiger partial charge in [-0.2, -0.15) is 25.3 Å². The van der Waals surface area contributed by atoms with Gasteiger partial charge in [0.05, 0.1) is 0 Å². The lowest BCUT2D eigenvalue weighted by Crippen LogP contribution is -1.89. The number of thiol groups is 2. The summed E-state index contributed by atoms with van der Waals surface area (Å²) < 4.78 is 0. The highest BCUT2D eigenvalue weighted by Gasteiger charge is 1.87. The van der Waals surface area contributed by atoms with Crippen molar-refractivity contribution in [3.8, 4) is 0 Å². The number of carboxylic acids is 1. The number of carbonyl (C=O) groups is 1. The van der Waals surface area contributed by atoms with Crippen molar-refractivity contribution in [3.05, 3.63) is 12.7 Å². The largest absolute Gasteiger partial charge is 0.478 e. The molecule has 0 saturated carbocycles. The Morgan fingerprint density at radius 1 is 1.82 bits per heavy atom. The van der Waals surface area contributed by atoms with Gasteiger partial charge in [-0.05, 0) is 17.4 Å². The van der Waals surface area contributed by atoms with Crippen LogP contribution in [0.1, 0.15) is 13.3 Å². The molecule has 0 aliphatic heterocycles. The summed E-state index contributed by atoms with van der Waals surface area (Å²) >= 11 is 8.14. The number of rotatable bonds is 3. The molecule has 0 aliphatic rings. The highest BCUT2D eigenvalue weighted by Crippen LogP contribution is 1.98. The number of hydrogen-bond donors (Lipinski definition) is 3. The minimum Gasteiger partial charge on any atom is -0.478 e. The summed E-state index contributed by atoms with van der Waals surface area (Å²) in [6.07, 6.45) is 1.94. The van der Waals surface area contributed by atoms with Gasteiger partial charge in [-0.3, -0.25) is 0 Å². The van der Waals surface area contributed by atoms with E-state index in [1.807, 2.05) is 0 Å². The van der Waals surface area contributed by atoms with Crippen molar-refractivity contribution in [1.82, 2.24) is 0 Å². The van der Waals surface area contributed by atoms with Crippen LogP contribution < -0.4 is 0 Å². The minimum atomic E-state index is -0.981. The molecule has 4 heteroatoms. The molecule has 0 saturated heterocycles. The molecule has 0 fully saturated rings. The Morgan fingerprint density at radius 2 is 2.18 bits per heavy atom. The van der Waals surface area contributed by atoms with Gasteiger partial charge in [-0.15, -0.1) is 0 Å². The van der Waals surface area contributed by atoms with E-state index in [-0.39, 0.29) is 0 Å². The molecule has 1 unspecified atom stereocenters. The van der Waals surface area contributed by atoms with Gasteiger partial charge in [0, 0.05) is 6.08 Å². The van der Waals surface area contributed by atoms with E-state index >= 15 is 0 Å². The van der Waals surface area contributed by atoms with Gasteiger partial charge in [-0.1, -0.05) is 13.5 Å². The van der Waals surface area contributed by atoms with E-state index in [0.29, 0.717) is 5.25 Å². The van der Waals surface area contributed by atoms with Crippen LogP contribution in [-0.2, 0) is 4.79 Å². The molecule has 0 heterocycles. The fraction of sp³-hybridized carbons (Fsp3) is 0.571. The molecule has 0 aliphatic carbocycles. The fourth-order valence-electron chi connectivity index (χ4n) is 0.187. The maximum Gasteiger partial charge on any atom is 0.327 e. The second-order valence-corrected chi connectivity index (χ2v) is 3.23. The zero-order chi connectivity index (χ0) is 9.28. The Balaban J connectivity index is 0. The van der Waals surface area contributed by atoms with E-state index in [4.69, 9.17) is 5.11 Å². The first-order valence-electron chi connectivity index (χ1n) is 3.18. The van der Waals surface area contributed by atoms with Crippen LogP contribution >= 0.6 is 25.3 Å². The Bertz CT molecular complexity index is 113. The molecular weight excluding hydrogens is 180 g/mol. The standard InChI is InChI=1S/C4H10S2.C3H4O2/c1-4(6)2-3-5;1-2-3(4)5/h4-6H,2-3H2,1H3;2H,1H2,(H,4,5). The lowest BCUT2D eigenvalue weighted by Gasteiger charge is -1.94. The first-order chi connectivity index (χ1) is 5.04. The molecule has 0 amide bonds. The summed E-state index contributed by atoms with van der Waals surface area (Å²) in [4.78, 5) is 9.25. The van der Waals surface area contributed by atoms with Gasteiger partial charge in [0.15, 0.2) is 0 Å². The maximum atomic E-state index is 9.25. The molecule has 0 radical (unpaired) electrons. The lowest BCUT2D eigenvalue weighted by molar-refractivity contribution is -0.131.